The summed E-state index contributed by atoms with van der Waals surface area (Å²) >= 11 is 0. The number of nitrogens with zero attached hydrogens (tertiary/aromatic N) is 10. The van der Waals surface area contributed by atoms with Gasteiger partial charge in [-0.05, 0) is 69.8 Å². The van der Waals surface area contributed by atoms with Crippen LogP contribution in [0.25, 0.3) is 135 Å². The summed E-state index contributed by atoms with van der Waals surface area (Å²) in [5, 5.41) is 1.93. The minimum absolute atomic E-state index is 0.0490. The van der Waals surface area contributed by atoms with Crippen LogP contribution in [0.2, 0.25) is 0 Å². The number of benzene rings is 11. The summed E-state index contributed by atoms with van der Waals surface area (Å²) < 4.78 is 0. The lowest BCUT2D eigenvalue weighted by Crippen LogP contribution is -2.27. The van der Waals surface area contributed by atoms with Gasteiger partial charge in [0.15, 0.2) is 46.6 Å². The van der Waals surface area contributed by atoms with E-state index in [1.54, 1.807) is 0 Å². The van der Waals surface area contributed by atoms with E-state index in [4.69, 9.17) is 49.8 Å². The van der Waals surface area contributed by atoms with Gasteiger partial charge in [0.25, 0.3) is 0 Å². The molecule has 0 aliphatic heterocycles. The molecule has 15 aromatic rings. The number of aromatic nitrogens is 10. The van der Waals surface area contributed by atoms with Crippen LogP contribution in [0.15, 0.2) is 279 Å². The first-order valence-electron chi connectivity index (χ1n) is 29.4. The second-order valence-electron chi connectivity index (χ2n) is 22.2. The SMILES string of the molecule is c1ccc(-c2nc(-c3cccc(-c4nc(-c5ccccc5)nc5ccccc45)c3)nc(-c3ccc4c(c3)C3c5ccccc5C4c4cc(-c5nc(-c6ccccc6)nc(-c6cccc(-c7nc(-c8ccccc8)nc8ccccc78)c6)n5)ccc43)n2)cc1. The van der Waals surface area contributed by atoms with E-state index in [0.717, 1.165) is 88.8 Å². The lowest BCUT2D eigenvalue weighted by Gasteiger charge is -2.42. The van der Waals surface area contributed by atoms with Crippen LogP contribution in [0.5, 0.6) is 0 Å². The lowest BCUT2D eigenvalue weighted by atomic mass is 9.61. The number of fused-ring (bicyclic) bond motifs is 2. The molecule has 2 unspecified atom stereocenters. The van der Waals surface area contributed by atoms with Crippen molar-refractivity contribution in [1.82, 2.24) is 49.8 Å². The minimum atomic E-state index is -0.0490. The van der Waals surface area contributed by atoms with Crippen LogP contribution in [0.1, 0.15) is 45.2 Å². The third-order valence-electron chi connectivity index (χ3n) is 16.9. The number of rotatable bonds is 10. The van der Waals surface area contributed by atoms with Gasteiger partial charge in [0.2, 0.25) is 0 Å². The summed E-state index contributed by atoms with van der Waals surface area (Å²) in [6, 6.07) is 96.0. The zero-order chi connectivity index (χ0) is 58.1. The zero-order valence-electron chi connectivity index (χ0n) is 47.2. The molecule has 410 valence electrons. The highest BCUT2D eigenvalue weighted by atomic mass is 15.0. The standard InChI is InChI=1S/C78H48N10/c1-5-21-47(22-6-1)71-79-65-37-17-15-35-61(65)69(81-71)51-29-19-31-53(43-51)75-83-73(49-25-9-3-10-26-49)85-77(87-75)55-39-41-59-63(45-55)67-57-33-13-14-34-58(57)68(59)64-46-56(40-42-60(64)67)78-86-74(50-27-11-4-12-28-50)84-76(88-78)54-32-20-30-52(44-54)70-62-36-16-18-38-66(62)80-72(82-70)48-23-7-2-8-24-48/h1-46,67-68H. The summed E-state index contributed by atoms with van der Waals surface area (Å²) in [5.74, 6) is 4.73. The van der Waals surface area contributed by atoms with E-state index >= 15 is 0 Å². The van der Waals surface area contributed by atoms with E-state index in [2.05, 4.69) is 121 Å². The molecule has 0 saturated carbocycles. The first-order chi connectivity index (χ1) is 43.6. The van der Waals surface area contributed by atoms with E-state index in [-0.39, 0.29) is 11.8 Å². The molecule has 0 radical (unpaired) electrons. The molecule has 3 aliphatic carbocycles. The predicted octanol–water partition coefficient (Wildman–Crippen LogP) is 17.6. The highest BCUT2D eigenvalue weighted by molar-refractivity contribution is 5.96. The van der Waals surface area contributed by atoms with Crippen LogP contribution in [-0.2, 0) is 0 Å². The van der Waals surface area contributed by atoms with E-state index in [1.807, 2.05) is 158 Å². The highest BCUT2D eigenvalue weighted by Crippen LogP contribution is 2.57. The van der Waals surface area contributed by atoms with Crippen LogP contribution in [0.3, 0.4) is 0 Å². The van der Waals surface area contributed by atoms with Crippen molar-refractivity contribution in [3.8, 4) is 114 Å². The quantitative estimate of drug-likeness (QED) is 0.130. The van der Waals surface area contributed by atoms with Crippen molar-refractivity contribution >= 4 is 21.8 Å². The molecule has 4 heterocycles. The summed E-state index contributed by atoms with van der Waals surface area (Å²) in [7, 11) is 0. The second kappa shape index (κ2) is 21.0. The van der Waals surface area contributed by atoms with Gasteiger partial charge < -0.3 is 0 Å². The molecule has 0 fully saturated rings. The Balaban J connectivity index is 0.761. The van der Waals surface area contributed by atoms with Crippen molar-refractivity contribution in [2.45, 2.75) is 11.8 Å². The topological polar surface area (TPSA) is 129 Å². The smallest absolute Gasteiger partial charge is 0.164 e. The minimum Gasteiger partial charge on any atom is -0.228 e. The monoisotopic (exact) mass is 1120 g/mol. The summed E-state index contributed by atoms with van der Waals surface area (Å²) in [6.45, 7) is 0. The number of hydrogen-bond donors (Lipinski definition) is 0. The average Bonchev–Trinajstić information content (AvgIpc) is 0.798. The molecule has 0 amide bonds. The molecule has 10 heteroatoms. The molecule has 11 aromatic carbocycles. The first-order valence-corrected chi connectivity index (χ1v) is 29.4. The fourth-order valence-corrected chi connectivity index (χ4v) is 12.8. The Hall–Kier alpha value is -11.9. The van der Waals surface area contributed by atoms with Gasteiger partial charge in [-0.3, -0.25) is 0 Å². The van der Waals surface area contributed by atoms with Crippen LogP contribution in [0, 0.1) is 0 Å². The molecule has 4 aromatic heterocycles. The Morgan fingerprint density at radius 1 is 0.170 bits per heavy atom. The van der Waals surface area contributed by atoms with Gasteiger partial charge in [0.05, 0.1) is 22.4 Å². The van der Waals surface area contributed by atoms with Gasteiger partial charge in [0, 0.05) is 78.2 Å². The Kier molecular flexibility index (Phi) is 12.1. The van der Waals surface area contributed by atoms with E-state index in [1.165, 1.54) is 33.4 Å². The Labute approximate surface area is 506 Å². The third kappa shape index (κ3) is 8.89. The van der Waals surface area contributed by atoms with Gasteiger partial charge in [-0.15, -0.1) is 0 Å². The molecular formula is C78H48N10. The summed E-state index contributed by atoms with van der Waals surface area (Å²) in [6.07, 6.45) is 0. The van der Waals surface area contributed by atoms with Gasteiger partial charge in [-0.25, -0.2) is 49.8 Å². The van der Waals surface area contributed by atoms with Gasteiger partial charge in [-0.1, -0.05) is 243 Å². The fourth-order valence-electron chi connectivity index (χ4n) is 12.8. The lowest BCUT2D eigenvalue weighted by molar-refractivity contribution is 0.754. The fraction of sp³-hybridized carbons (Fsp3) is 0.0256. The molecule has 2 atom stereocenters. The molecule has 0 spiro atoms. The summed E-state index contributed by atoms with van der Waals surface area (Å²) in [5.41, 5.74) is 20.1. The van der Waals surface area contributed by atoms with Gasteiger partial charge >= 0.3 is 0 Å². The van der Waals surface area contributed by atoms with Crippen LogP contribution < -0.4 is 0 Å². The van der Waals surface area contributed by atoms with Crippen LogP contribution in [-0.4, -0.2) is 49.8 Å². The highest BCUT2D eigenvalue weighted by Gasteiger charge is 2.42. The van der Waals surface area contributed by atoms with Crippen molar-refractivity contribution in [3.05, 3.63) is 312 Å². The maximum absolute atomic E-state index is 5.33. The normalized spacial score (nSPS) is 13.7. The number of hydrogen-bond acceptors (Lipinski definition) is 10. The first kappa shape index (κ1) is 50.6. The second-order valence-corrected chi connectivity index (χ2v) is 22.2. The van der Waals surface area contributed by atoms with Gasteiger partial charge in [-0.2, -0.15) is 0 Å². The molecule has 0 saturated heterocycles. The number of para-hydroxylation sites is 2. The van der Waals surface area contributed by atoms with Crippen LogP contribution >= 0.6 is 0 Å². The zero-order valence-corrected chi connectivity index (χ0v) is 47.2. The van der Waals surface area contributed by atoms with E-state index in [0.29, 0.717) is 46.6 Å². The predicted molar refractivity (Wildman–Crippen MR) is 349 cm³/mol. The third-order valence-corrected chi connectivity index (χ3v) is 16.9. The van der Waals surface area contributed by atoms with Crippen molar-refractivity contribution in [1.29, 1.82) is 0 Å². The van der Waals surface area contributed by atoms with Gasteiger partial charge in [0.1, 0.15) is 0 Å². The molecule has 10 nitrogen and oxygen atoms in total. The Morgan fingerprint density at radius 3 is 0.818 bits per heavy atom. The molecule has 88 heavy (non-hydrogen) atoms. The maximum atomic E-state index is 5.33. The molecule has 18 rings (SSSR count). The van der Waals surface area contributed by atoms with Crippen molar-refractivity contribution < 1.29 is 0 Å². The van der Waals surface area contributed by atoms with Crippen molar-refractivity contribution in [2.24, 2.45) is 0 Å². The summed E-state index contributed by atoms with van der Waals surface area (Å²) in [4.78, 5) is 51.9. The van der Waals surface area contributed by atoms with E-state index < -0.39 is 0 Å². The van der Waals surface area contributed by atoms with Crippen LogP contribution in [0.4, 0.5) is 0 Å². The molecule has 3 aliphatic rings. The Morgan fingerprint density at radius 2 is 0.443 bits per heavy atom. The maximum Gasteiger partial charge on any atom is 0.164 e. The molecule has 2 bridgehead atoms. The average molecular weight is 1130 g/mol. The molecule has 0 N–H and O–H groups in total. The van der Waals surface area contributed by atoms with Crippen molar-refractivity contribution in [2.75, 3.05) is 0 Å². The van der Waals surface area contributed by atoms with E-state index in [9.17, 15) is 0 Å². The van der Waals surface area contributed by atoms with Crippen molar-refractivity contribution in [3.63, 3.8) is 0 Å². The largest absolute Gasteiger partial charge is 0.228 e. The molecular weight excluding hydrogens is 1080 g/mol. The Bertz CT molecular complexity index is 4910.